The zero-order chi connectivity index (χ0) is 15.2. The largest absolute Gasteiger partial charge is 0.493 e. The molecule has 1 atom stereocenters. The lowest BCUT2D eigenvalue weighted by Crippen LogP contribution is -2.19. The van der Waals surface area contributed by atoms with E-state index in [-0.39, 0.29) is 6.04 Å². The van der Waals surface area contributed by atoms with Crippen LogP contribution in [0.3, 0.4) is 0 Å². The Morgan fingerprint density at radius 3 is 2.57 bits per heavy atom. The number of benzene rings is 1. The third-order valence-electron chi connectivity index (χ3n) is 3.13. The number of thioether (sulfide) groups is 1. The summed E-state index contributed by atoms with van der Waals surface area (Å²) >= 11 is 1.67. The van der Waals surface area contributed by atoms with Gasteiger partial charge in [0.2, 0.25) is 0 Å². The SMILES string of the molecule is COc1cc(CNC(C)c2nn[nH]n2)c(SC)cc1OC. The van der Waals surface area contributed by atoms with Gasteiger partial charge in [-0.1, -0.05) is 5.21 Å². The van der Waals surface area contributed by atoms with Crippen LogP contribution in [0.5, 0.6) is 11.5 Å². The molecule has 0 aliphatic heterocycles. The quantitative estimate of drug-likeness (QED) is 0.754. The molecule has 2 aromatic rings. The number of hydrogen-bond donors (Lipinski definition) is 2. The number of rotatable bonds is 7. The minimum absolute atomic E-state index is 0.00607. The van der Waals surface area contributed by atoms with E-state index < -0.39 is 0 Å². The standard InChI is InChI=1S/C13H19N5O2S/c1-8(13-15-17-18-16-13)14-7-9-5-10(19-2)11(20-3)6-12(9)21-4/h5-6,8,14H,7H2,1-4H3,(H,15,16,17,18). The molecule has 0 fully saturated rings. The highest BCUT2D eigenvalue weighted by atomic mass is 32.2. The van der Waals surface area contributed by atoms with E-state index in [1.54, 1.807) is 26.0 Å². The molecule has 114 valence electrons. The Morgan fingerprint density at radius 2 is 2.00 bits per heavy atom. The highest BCUT2D eigenvalue weighted by Crippen LogP contribution is 2.34. The summed E-state index contributed by atoms with van der Waals surface area (Å²) in [5.41, 5.74) is 1.13. The summed E-state index contributed by atoms with van der Waals surface area (Å²) < 4.78 is 10.7. The van der Waals surface area contributed by atoms with Crippen molar-refractivity contribution in [2.24, 2.45) is 0 Å². The molecule has 0 spiro atoms. The van der Waals surface area contributed by atoms with Crippen molar-refractivity contribution in [1.29, 1.82) is 0 Å². The lowest BCUT2D eigenvalue weighted by molar-refractivity contribution is 0.353. The van der Waals surface area contributed by atoms with E-state index in [2.05, 4.69) is 25.9 Å². The van der Waals surface area contributed by atoms with Crippen molar-refractivity contribution in [2.45, 2.75) is 24.4 Å². The van der Waals surface area contributed by atoms with Crippen LogP contribution in [0.2, 0.25) is 0 Å². The number of nitrogens with one attached hydrogen (secondary N) is 2. The van der Waals surface area contributed by atoms with Gasteiger partial charge < -0.3 is 14.8 Å². The molecule has 0 aliphatic rings. The Hall–Kier alpha value is -1.80. The molecule has 2 N–H and O–H groups in total. The molecule has 1 unspecified atom stereocenters. The fourth-order valence-corrected chi connectivity index (χ4v) is 2.56. The van der Waals surface area contributed by atoms with Crippen LogP contribution in [-0.4, -0.2) is 41.1 Å². The minimum Gasteiger partial charge on any atom is -0.493 e. The van der Waals surface area contributed by atoms with Gasteiger partial charge in [-0.3, -0.25) is 0 Å². The summed E-state index contributed by atoms with van der Waals surface area (Å²) in [6.45, 7) is 2.66. The molecule has 0 bridgehead atoms. The monoisotopic (exact) mass is 309 g/mol. The van der Waals surface area contributed by atoms with Crippen molar-refractivity contribution in [3.63, 3.8) is 0 Å². The van der Waals surface area contributed by atoms with Crippen LogP contribution in [0.4, 0.5) is 0 Å². The Bertz CT molecular complexity index is 576. The lowest BCUT2D eigenvalue weighted by Gasteiger charge is -2.15. The topological polar surface area (TPSA) is 85.0 Å². The number of tetrazole rings is 1. The highest BCUT2D eigenvalue weighted by molar-refractivity contribution is 7.98. The summed E-state index contributed by atoms with van der Waals surface area (Å²) in [6, 6.07) is 3.98. The first kappa shape index (κ1) is 15.6. The minimum atomic E-state index is 0.00607. The van der Waals surface area contributed by atoms with E-state index in [1.807, 2.05) is 25.3 Å². The van der Waals surface area contributed by atoms with Gasteiger partial charge in [0.05, 0.1) is 20.3 Å². The lowest BCUT2D eigenvalue weighted by atomic mass is 10.2. The first-order chi connectivity index (χ1) is 10.2. The molecular formula is C13H19N5O2S. The summed E-state index contributed by atoms with van der Waals surface area (Å²) in [5.74, 6) is 2.09. The Kier molecular flexibility index (Phi) is 5.40. The molecule has 1 aromatic carbocycles. The fourth-order valence-electron chi connectivity index (χ4n) is 1.94. The van der Waals surface area contributed by atoms with E-state index in [0.717, 1.165) is 22.0 Å². The van der Waals surface area contributed by atoms with Crippen molar-refractivity contribution >= 4 is 11.8 Å². The van der Waals surface area contributed by atoms with Crippen LogP contribution in [0.15, 0.2) is 17.0 Å². The molecule has 0 radical (unpaired) electrons. The number of methoxy groups -OCH3 is 2. The molecule has 7 nitrogen and oxygen atoms in total. The van der Waals surface area contributed by atoms with Crippen molar-refractivity contribution in [3.05, 3.63) is 23.5 Å². The first-order valence-corrected chi connectivity index (χ1v) is 7.67. The van der Waals surface area contributed by atoms with Gasteiger partial charge in [-0.25, -0.2) is 0 Å². The average molecular weight is 309 g/mol. The predicted molar refractivity (Wildman–Crippen MR) is 80.8 cm³/mol. The van der Waals surface area contributed by atoms with Gasteiger partial charge in [0, 0.05) is 11.4 Å². The number of aromatic amines is 1. The summed E-state index contributed by atoms with van der Waals surface area (Å²) in [4.78, 5) is 1.14. The molecule has 1 aromatic heterocycles. The van der Waals surface area contributed by atoms with Gasteiger partial charge in [-0.05, 0) is 30.9 Å². The molecule has 0 aliphatic carbocycles. The van der Waals surface area contributed by atoms with E-state index >= 15 is 0 Å². The molecule has 2 rings (SSSR count). The van der Waals surface area contributed by atoms with Crippen LogP contribution in [-0.2, 0) is 6.54 Å². The van der Waals surface area contributed by atoms with Gasteiger partial charge in [-0.15, -0.1) is 22.0 Å². The number of nitrogens with zero attached hydrogens (tertiary/aromatic N) is 3. The third kappa shape index (κ3) is 3.64. The maximum absolute atomic E-state index is 5.35. The maximum Gasteiger partial charge on any atom is 0.191 e. The zero-order valence-electron chi connectivity index (χ0n) is 12.5. The fraction of sp³-hybridized carbons (Fsp3) is 0.462. The molecule has 0 saturated heterocycles. The van der Waals surface area contributed by atoms with Crippen LogP contribution in [0.25, 0.3) is 0 Å². The number of H-pyrrole nitrogens is 1. The van der Waals surface area contributed by atoms with Crippen molar-refractivity contribution < 1.29 is 9.47 Å². The average Bonchev–Trinajstić information content (AvgIpc) is 3.06. The van der Waals surface area contributed by atoms with Crippen molar-refractivity contribution in [1.82, 2.24) is 25.9 Å². The second kappa shape index (κ2) is 7.28. The summed E-state index contributed by atoms with van der Waals surface area (Å²) in [7, 11) is 3.27. The molecule has 8 heteroatoms. The second-order valence-corrected chi connectivity index (χ2v) is 5.24. The zero-order valence-corrected chi connectivity index (χ0v) is 13.3. The second-order valence-electron chi connectivity index (χ2n) is 4.39. The van der Waals surface area contributed by atoms with Crippen molar-refractivity contribution in [3.8, 4) is 11.5 Å². The van der Waals surface area contributed by atoms with Gasteiger partial charge in [0.15, 0.2) is 17.3 Å². The Morgan fingerprint density at radius 1 is 1.29 bits per heavy atom. The summed E-state index contributed by atoms with van der Waals surface area (Å²) in [5, 5.41) is 17.3. The highest BCUT2D eigenvalue weighted by Gasteiger charge is 2.13. The molecular weight excluding hydrogens is 290 g/mol. The van der Waals surface area contributed by atoms with E-state index in [9.17, 15) is 0 Å². The Balaban J connectivity index is 2.15. The molecule has 21 heavy (non-hydrogen) atoms. The number of hydrogen-bond acceptors (Lipinski definition) is 7. The van der Waals surface area contributed by atoms with E-state index in [0.29, 0.717) is 12.4 Å². The first-order valence-electron chi connectivity index (χ1n) is 6.45. The van der Waals surface area contributed by atoms with Crippen LogP contribution < -0.4 is 14.8 Å². The van der Waals surface area contributed by atoms with Crippen molar-refractivity contribution in [2.75, 3.05) is 20.5 Å². The predicted octanol–water partition coefficient (Wildman–Crippen LogP) is 1.79. The summed E-state index contributed by atoms with van der Waals surface area (Å²) in [6.07, 6.45) is 2.04. The number of ether oxygens (including phenoxy) is 2. The van der Waals surface area contributed by atoms with Gasteiger partial charge in [-0.2, -0.15) is 5.21 Å². The van der Waals surface area contributed by atoms with Crippen LogP contribution >= 0.6 is 11.8 Å². The molecule has 0 saturated carbocycles. The van der Waals surface area contributed by atoms with Crippen LogP contribution in [0.1, 0.15) is 24.4 Å². The molecule has 1 heterocycles. The van der Waals surface area contributed by atoms with E-state index in [1.165, 1.54) is 0 Å². The van der Waals surface area contributed by atoms with Crippen LogP contribution in [0, 0.1) is 0 Å². The normalized spacial score (nSPS) is 12.2. The third-order valence-corrected chi connectivity index (χ3v) is 3.95. The Labute approximate surface area is 127 Å². The maximum atomic E-state index is 5.35. The van der Waals surface area contributed by atoms with Gasteiger partial charge in [0.1, 0.15) is 0 Å². The molecule has 0 amide bonds. The smallest absolute Gasteiger partial charge is 0.191 e. The number of aromatic nitrogens is 4. The van der Waals surface area contributed by atoms with Gasteiger partial charge >= 0.3 is 0 Å². The van der Waals surface area contributed by atoms with Gasteiger partial charge in [0.25, 0.3) is 0 Å². The van der Waals surface area contributed by atoms with E-state index in [4.69, 9.17) is 9.47 Å².